The molecular formula is C10H13NOS. The number of nitrogens with two attached hydrogens (primary N) is 1. The van der Waals surface area contributed by atoms with E-state index in [1.807, 2.05) is 30.3 Å². The van der Waals surface area contributed by atoms with E-state index in [1.165, 1.54) is 5.56 Å². The minimum atomic E-state index is -0.441. The maximum atomic E-state index is 10.7. The topological polar surface area (TPSA) is 43.1 Å². The first-order chi connectivity index (χ1) is 6.20. The van der Waals surface area contributed by atoms with E-state index in [-0.39, 0.29) is 5.12 Å². The average Bonchev–Trinajstić information content (AvgIpc) is 2.15. The Labute approximate surface area is 83.5 Å². The van der Waals surface area contributed by atoms with Gasteiger partial charge in [-0.3, -0.25) is 4.79 Å². The van der Waals surface area contributed by atoms with Gasteiger partial charge in [0.1, 0.15) is 0 Å². The summed E-state index contributed by atoms with van der Waals surface area (Å²) >= 11 is 3.68. The van der Waals surface area contributed by atoms with Crippen LogP contribution in [0.2, 0.25) is 0 Å². The second-order valence-electron chi connectivity index (χ2n) is 2.97. The number of benzene rings is 1. The van der Waals surface area contributed by atoms with E-state index in [0.29, 0.717) is 6.42 Å². The van der Waals surface area contributed by atoms with E-state index in [4.69, 9.17) is 5.73 Å². The van der Waals surface area contributed by atoms with E-state index in [9.17, 15) is 4.79 Å². The summed E-state index contributed by atoms with van der Waals surface area (Å²) in [5.41, 5.74) is 6.74. The van der Waals surface area contributed by atoms with Crippen LogP contribution in [0.5, 0.6) is 0 Å². The van der Waals surface area contributed by atoms with Gasteiger partial charge in [-0.05, 0) is 18.4 Å². The Balaban J connectivity index is 2.39. The monoisotopic (exact) mass is 195 g/mol. The van der Waals surface area contributed by atoms with E-state index in [1.54, 1.807) is 0 Å². The molecule has 0 heterocycles. The van der Waals surface area contributed by atoms with Crippen LogP contribution in [0.3, 0.4) is 0 Å². The van der Waals surface area contributed by atoms with E-state index in [0.717, 1.165) is 6.42 Å². The Bertz CT molecular complexity index is 274. The molecule has 2 nitrogen and oxygen atoms in total. The second-order valence-corrected chi connectivity index (χ2v) is 3.41. The highest BCUT2D eigenvalue weighted by atomic mass is 32.1. The van der Waals surface area contributed by atoms with Gasteiger partial charge in [0.15, 0.2) is 0 Å². The smallest absolute Gasteiger partial charge is 0.202 e. The minimum Gasteiger partial charge on any atom is -0.321 e. The van der Waals surface area contributed by atoms with E-state index >= 15 is 0 Å². The first-order valence-corrected chi connectivity index (χ1v) is 4.67. The fraction of sp³-hybridized carbons (Fsp3) is 0.300. The third-order valence-electron chi connectivity index (χ3n) is 1.90. The van der Waals surface area contributed by atoms with Crippen molar-refractivity contribution >= 4 is 17.7 Å². The van der Waals surface area contributed by atoms with Crippen molar-refractivity contribution < 1.29 is 4.79 Å². The lowest BCUT2D eigenvalue weighted by Gasteiger charge is -2.05. The predicted octanol–water partition coefficient (Wildman–Crippen LogP) is 1.40. The SMILES string of the molecule is N[C@H](CCc1ccccc1)C(=O)S. The molecule has 1 aromatic carbocycles. The molecule has 3 heteroatoms. The standard InChI is InChI=1S/C10H13NOS/c11-9(10(12)13)7-6-8-4-2-1-3-5-8/h1-5,9H,6-7,11H2,(H,12,13)/t9-/m1/s1. The van der Waals surface area contributed by atoms with Crippen LogP contribution in [0.1, 0.15) is 12.0 Å². The van der Waals surface area contributed by atoms with E-state index < -0.39 is 6.04 Å². The molecule has 1 atom stereocenters. The van der Waals surface area contributed by atoms with Crippen LogP contribution in [-0.2, 0) is 11.2 Å². The quantitative estimate of drug-likeness (QED) is 0.713. The molecule has 0 saturated carbocycles. The van der Waals surface area contributed by atoms with Gasteiger partial charge < -0.3 is 5.73 Å². The number of rotatable bonds is 4. The summed E-state index contributed by atoms with van der Waals surface area (Å²) in [5, 5.41) is -0.240. The number of hydrogen-bond acceptors (Lipinski definition) is 2. The Morgan fingerprint density at radius 1 is 1.38 bits per heavy atom. The van der Waals surface area contributed by atoms with Crippen LogP contribution in [0.15, 0.2) is 30.3 Å². The van der Waals surface area contributed by atoms with Gasteiger partial charge >= 0.3 is 0 Å². The molecule has 0 aliphatic carbocycles. The van der Waals surface area contributed by atoms with Gasteiger partial charge in [0, 0.05) is 0 Å². The first-order valence-electron chi connectivity index (χ1n) is 4.22. The number of thiol groups is 1. The third-order valence-corrected chi connectivity index (χ3v) is 2.24. The number of carbonyl (C=O) groups excluding carboxylic acids is 1. The summed E-state index contributed by atoms with van der Waals surface area (Å²) < 4.78 is 0. The van der Waals surface area contributed by atoms with Crippen molar-refractivity contribution in [3.05, 3.63) is 35.9 Å². The molecule has 70 valence electrons. The van der Waals surface area contributed by atoms with Crippen LogP contribution < -0.4 is 5.73 Å². The van der Waals surface area contributed by atoms with Gasteiger partial charge in [0.2, 0.25) is 5.12 Å². The fourth-order valence-electron chi connectivity index (χ4n) is 1.09. The minimum absolute atomic E-state index is 0.240. The zero-order chi connectivity index (χ0) is 9.68. The largest absolute Gasteiger partial charge is 0.321 e. The molecule has 0 unspecified atom stereocenters. The number of aryl methyl sites for hydroxylation is 1. The maximum Gasteiger partial charge on any atom is 0.202 e. The molecule has 0 aliphatic rings. The Kier molecular flexibility index (Phi) is 3.99. The Morgan fingerprint density at radius 3 is 2.54 bits per heavy atom. The lowest BCUT2D eigenvalue weighted by molar-refractivity contribution is -0.112. The lowest BCUT2D eigenvalue weighted by atomic mass is 10.1. The second kappa shape index (κ2) is 5.04. The normalized spacial score (nSPS) is 12.5. The van der Waals surface area contributed by atoms with Crippen molar-refractivity contribution in [1.29, 1.82) is 0 Å². The Hall–Kier alpha value is -0.800. The molecule has 0 amide bonds. The van der Waals surface area contributed by atoms with Gasteiger partial charge in [-0.25, -0.2) is 0 Å². The highest BCUT2D eigenvalue weighted by molar-refractivity contribution is 7.96. The molecule has 0 radical (unpaired) electrons. The van der Waals surface area contributed by atoms with Gasteiger partial charge in [-0.1, -0.05) is 30.3 Å². The summed E-state index contributed by atoms with van der Waals surface area (Å²) in [6, 6.07) is 9.52. The highest BCUT2D eigenvalue weighted by Gasteiger charge is 2.08. The number of carbonyl (C=O) groups is 1. The summed E-state index contributed by atoms with van der Waals surface area (Å²) in [6.07, 6.45) is 1.49. The van der Waals surface area contributed by atoms with Crippen molar-refractivity contribution in [2.45, 2.75) is 18.9 Å². The molecule has 0 bridgehead atoms. The van der Waals surface area contributed by atoms with Crippen LogP contribution in [0.25, 0.3) is 0 Å². The summed E-state index contributed by atoms with van der Waals surface area (Å²) in [6.45, 7) is 0. The van der Waals surface area contributed by atoms with Crippen molar-refractivity contribution in [2.75, 3.05) is 0 Å². The van der Waals surface area contributed by atoms with Gasteiger partial charge in [0.05, 0.1) is 6.04 Å². The molecule has 0 spiro atoms. The van der Waals surface area contributed by atoms with Crippen LogP contribution >= 0.6 is 12.6 Å². The zero-order valence-corrected chi connectivity index (χ0v) is 8.21. The fourth-order valence-corrected chi connectivity index (χ4v) is 1.22. The summed E-state index contributed by atoms with van der Waals surface area (Å²) in [7, 11) is 0. The molecule has 0 fully saturated rings. The average molecular weight is 195 g/mol. The summed E-state index contributed by atoms with van der Waals surface area (Å²) in [5.74, 6) is 0. The third kappa shape index (κ3) is 3.61. The molecule has 1 rings (SSSR count). The van der Waals surface area contributed by atoms with Crippen LogP contribution in [0, 0.1) is 0 Å². The highest BCUT2D eigenvalue weighted by Crippen LogP contribution is 2.04. The lowest BCUT2D eigenvalue weighted by Crippen LogP contribution is -2.27. The van der Waals surface area contributed by atoms with Crippen LogP contribution in [0.4, 0.5) is 0 Å². The maximum absolute atomic E-state index is 10.7. The van der Waals surface area contributed by atoms with Gasteiger partial charge in [-0.15, -0.1) is 12.6 Å². The van der Waals surface area contributed by atoms with Crippen LogP contribution in [-0.4, -0.2) is 11.2 Å². The molecule has 1 aromatic rings. The van der Waals surface area contributed by atoms with E-state index in [2.05, 4.69) is 12.6 Å². The van der Waals surface area contributed by atoms with Crippen molar-refractivity contribution in [2.24, 2.45) is 5.73 Å². The zero-order valence-electron chi connectivity index (χ0n) is 7.31. The van der Waals surface area contributed by atoms with Crippen molar-refractivity contribution in [3.8, 4) is 0 Å². The van der Waals surface area contributed by atoms with Crippen molar-refractivity contribution in [1.82, 2.24) is 0 Å². The first kappa shape index (κ1) is 10.3. The van der Waals surface area contributed by atoms with Crippen molar-refractivity contribution in [3.63, 3.8) is 0 Å². The molecule has 0 saturated heterocycles. The molecule has 0 aliphatic heterocycles. The number of hydrogen-bond donors (Lipinski definition) is 2. The summed E-state index contributed by atoms with van der Waals surface area (Å²) in [4.78, 5) is 10.7. The molecule has 13 heavy (non-hydrogen) atoms. The molecular weight excluding hydrogens is 182 g/mol. The Morgan fingerprint density at radius 2 is 2.00 bits per heavy atom. The van der Waals surface area contributed by atoms with Gasteiger partial charge in [-0.2, -0.15) is 0 Å². The van der Waals surface area contributed by atoms with Gasteiger partial charge in [0.25, 0.3) is 0 Å². The molecule has 0 aromatic heterocycles. The molecule has 2 N–H and O–H groups in total. The predicted molar refractivity (Wildman–Crippen MR) is 56.7 cm³/mol.